The van der Waals surface area contributed by atoms with Crippen molar-refractivity contribution >= 4 is 11.8 Å². The summed E-state index contributed by atoms with van der Waals surface area (Å²) in [5.41, 5.74) is 1.76. The number of halogens is 1. The molecule has 0 radical (unpaired) electrons. The molecule has 3 aromatic rings. The van der Waals surface area contributed by atoms with E-state index in [-0.39, 0.29) is 30.7 Å². The van der Waals surface area contributed by atoms with Crippen molar-refractivity contribution in [3.05, 3.63) is 89.2 Å². The van der Waals surface area contributed by atoms with Crippen LogP contribution in [0, 0.1) is 11.7 Å². The van der Waals surface area contributed by atoms with Gasteiger partial charge in [0.05, 0.1) is 18.6 Å². The van der Waals surface area contributed by atoms with Gasteiger partial charge in [-0.05, 0) is 47.5 Å². The van der Waals surface area contributed by atoms with Crippen molar-refractivity contribution < 1.29 is 28.2 Å². The van der Waals surface area contributed by atoms with E-state index in [0.717, 1.165) is 11.1 Å². The minimum atomic E-state index is -0.578. The summed E-state index contributed by atoms with van der Waals surface area (Å²) >= 11 is 0. The molecule has 180 valence electrons. The van der Waals surface area contributed by atoms with E-state index in [1.807, 2.05) is 42.5 Å². The van der Waals surface area contributed by atoms with Crippen molar-refractivity contribution in [2.24, 2.45) is 5.92 Å². The Kier molecular flexibility index (Phi) is 6.27. The number of nitrogens with zero attached hydrogens (tertiary/aromatic N) is 1. The van der Waals surface area contributed by atoms with Crippen LogP contribution in [0.15, 0.2) is 66.7 Å². The van der Waals surface area contributed by atoms with Crippen molar-refractivity contribution in [1.29, 1.82) is 0 Å². The van der Waals surface area contributed by atoms with Gasteiger partial charge in [-0.15, -0.1) is 0 Å². The van der Waals surface area contributed by atoms with Crippen LogP contribution in [0.3, 0.4) is 0 Å². The van der Waals surface area contributed by atoms with Gasteiger partial charge in [-0.2, -0.15) is 0 Å². The van der Waals surface area contributed by atoms with Gasteiger partial charge < -0.3 is 24.4 Å². The van der Waals surface area contributed by atoms with E-state index in [1.54, 1.807) is 24.1 Å². The van der Waals surface area contributed by atoms with Gasteiger partial charge in [0.1, 0.15) is 11.6 Å². The number of rotatable bonds is 6. The van der Waals surface area contributed by atoms with Gasteiger partial charge >= 0.3 is 0 Å². The Hall–Kier alpha value is -4.07. The Balaban J connectivity index is 1.36. The molecule has 0 spiro atoms. The summed E-state index contributed by atoms with van der Waals surface area (Å²) < 4.78 is 30.4. The number of amides is 2. The molecule has 5 rings (SSSR count). The van der Waals surface area contributed by atoms with E-state index in [2.05, 4.69) is 5.32 Å². The highest BCUT2D eigenvalue weighted by Gasteiger charge is 2.41. The van der Waals surface area contributed by atoms with Crippen LogP contribution < -0.4 is 19.5 Å². The number of hydrogen-bond acceptors (Lipinski definition) is 5. The number of ether oxygens (including phenoxy) is 3. The van der Waals surface area contributed by atoms with E-state index in [1.165, 1.54) is 12.1 Å². The molecule has 0 aliphatic carbocycles. The Morgan fingerprint density at radius 1 is 1.03 bits per heavy atom. The summed E-state index contributed by atoms with van der Waals surface area (Å²) in [6.45, 7) is 0.962. The third-order valence-corrected chi connectivity index (χ3v) is 6.47. The summed E-state index contributed by atoms with van der Waals surface area (Å²) in [4.78, 5) is 28.0. The zero-order valence-electron chi connectivity index (χ0n) is 19.2. The molecule has 0 saturated carbocycles. The topological polar surface area (TPSA) is 77.1 Å². The molecule has 35 heavy (non-hydrogen) atoms. The van der Waals surface area contributed by atoms with E-state index >= 15 is 0 Å². The predicted molar refractivity (Wildman–Crippen MR) is 126 cm³/mol. The molecular formula is C27H25FN2O5. The quantitative estimate of drug-likeness (QED) is 0.587. The maximum atomic E-state index is 14.3. The first-order chi connectivity index (χ1) is 17.0. The summed E-state index contributed by atoms with van der Waals surface area (Å²) in [5.74, 6) is 0.0302. The zero-order valence-corrected chi connectivity index (χ0v) is 19.2. The largest absolute Gasteiger partial charge is 0.497 e. The minimum Gasteiger partial charge on any atom is -0.497 e. The highest BCUT2D eigenvalue weighted by molar-refractivity contribution is 5.95. The van der Waals surface area contributed by atoms with E-state index in [0.29, 0.717) is 30.3 Å². The standard InChI is InChI=1S/C27H25FN2O5/c1-33-19-6-4-5-18(12-19)21-14-30(27(32)20-7-2-3-8-23(20)28)15-22(21)26(31)29-13-17-9-10-24-25(11-17)35-16-34-24/h2-12,21-22H,13-16H2,1H3,(H,29,31). The highest BCUT2D eigenvalue weighted by atomic mass is 19.1. The first-order valence-electron chi connectivity index (χ1n) is 11.4. The fraction of sp³-hybridized carbons (Fsp3) is 0.259. The van der Waals surface area contributed by atoms with Crippen LogP contribution in [0.2, 0.25) is 0 Å². The highest BCUT2D eigenvalue weighted by Crippen LogP contribution is 2.36. The van der Waals surface area contributed by atoms with Crippen molar-refractivity contribution in [1.82, 2.24) is 10.2 Å². The molecule has 1 saturated heterocycles. The number of carbonyl (C=O) groups is 2. The number of hydrogen-bond donors (Lipinski definition) is 1. The maximum absolute atomic E-state index is 14.3. The lowest BCUT2D eigenvalue weighted by Gasteiger charge is -2.19. The SMILES string of the molecule is COc1cccc(C2CN(C(=O)c3ccccc3F)CC2C(=O)NCc2ccc3c(c2)OCO3)c1. The van der Waals surface area contributed by atoms with E-state index in [4.69, 9.17) is 14.2 Å². The van der Waals surface area contributed by atoms with Crippen LogP contribution in [0.4, 0.5) is 4.39 Å². The minimum absolute atomic E-state index is 0.00156. The summed E-state index contributed by atoms with van der Waals surface area (Å²) in [5, 5.41) is 2.99. The molecule has 3 aromatic carbocycles. The van der Waals surface area contributed by atoms with Crippen molar-refractivity contribution in [3.8, 4) is 17.2 Å². The third kappa shape index (κ3) is 4.64. The molecular weight excluding hydrogens is 451 g/mol. The Morgan fingerprint density at radius 2 is 1.86 bits per heavy atom. The molecule has 0 bridgehead atoms. The second-order valence-electron chi connectivity index (χ2n) is 8.58. The average molecular weight is 477 g/mol. The molecule has 8 heteroatoms. The molecule has 2 heterocycles. The molecule has 7 nitrogen and oxygen atoms in total. The maximum Gasteiger partial charge on any atom is 0.256 e. The molecule has 2 aliphatic rings. The monoisotopic (exact) mass is 476 g/mol. The van der Waals surface area contributed by atoms with Crippen molar-refractivity contribution in [2.75, 3.05) is 27.0 Å². The number of benzene rings is 3. The predicted octanol–water partition coefficient (Wildman–Crippen LogP) is 3.74. The van der Waals surface area contributed by atoms with E-state index in [9.17, 15) is 14.0 Å². The molecule has 2 aliphatic heterocycles. The molecule has 2 amide bonds. The number of carbonyl (C=O) groups excluding carboxylic acids is 2. The fourth-order valence-corrected chi connectivity index (χ4v) is 4.62. The number of likely N-dealkylation sites (tertiary alicyclic amines) is 1. The van der Waals surface area contributed by atoms with E-state index < -0.39 is 17.6 Å². The van der Waals surface area contributed by atoms with Crippen LogP contribution in [0.25, 0.3) is 0 Å². The van der Waals surface area contributed by atoms with Crippen LogP contribution in [-0.4, -0.2) is 43.7 Å². The lowest BCUT2D eigenvalue weighted by atomic mass is 9.88. The summed E-state index contributed by atoms with van der Waals surface area (Å²) in [6.07, 6.45) is 0. The van der Waals surface area contributed by atoms with Gasteiger partial charge in [0.2, 0.25) is 12.7 Å². The molecule has 1 fully saturated rings. The van der Waals surface area contributed by atoms with Gasteiger partial charge in [0, 0.05) is 25.6 Å². The molecule has 0 aromatic heterocycles. The first-order valence-corrected chi connectivity index (χ1v) is 11.4. The van der Waals surface area contributed by atoms with Crippen molar-refractivity contribution in [2.45, 2.75) is 12.5 Å². The summed E-state index contributed by atoms with van der Waals surface area (Å²) in [6, 6.07) is 18.9. The van der Waals surface area contributed by atoms with Gasteiger partial charge in [-0.3, -0.25) is 9.59 Å². The lowest BCUT2D eigenvalue weighted by molar-refractivity contribution is -0.125. The van der Waals surface area contributed by atoms with Crippen molar-refractivity contribution in [3.63, 3.8) is 0 Å². The first kappa shape index (κ1) is 22.7. The fourth-order valence-electron chi connectivity index (χ4n) is 4.62. The second-order valence-corrected chi connectivity index (χ2v) is 8.58. The number of methoxy groups -OCH3 is 1. The number of nitrogens with one attached hydrogen (secondary N) is 1. The zero-order chi connectivity index (χ0) is 24.4. The molecule has 2 atom stereocenters. The average Bonchev–Trinajstić information content (AvgIpc) is 3.54. The third-order valence-electron chi connectivity index (χ3n) is 6.47. The Labute approximate surface area is 202 Å². The molecule has 1 N–H and O–H groups in total. The smallest absolute Gasteiger partial charge is 0.256 e. The molecule has 2 unspecified atom stereocenters. The van der Waals surface area contributed by atoms with Crippen LogP contribution >= 0.6 is 0 Å². The van der Waals surface area contributed by atoms with Gasteiger partial charge in [0.25, 0.3) is 5.91 Å². The van der Waals surface area contributed by atoms with Crippen LogP contribution in [-0.2, 0) is 11.3 Å². The summed E-state index contributed by atoms with van der Waals surface area (Å²) in [7, 11) is 1.58. The van der Waals surface area contributed by atoms with Gasteiger partial charge in [0.15, 0.2) is 11.5 Å². The van der Waals surface area contributed by atoms with Gasteiger partial charge in [-0.25, -0.2) is 4.39 Å². The second kappa shape index (κ2) is 9.66. The lowest BCUT2D eigenvalue weighted by Crippen LogP contribution is -2.35. The van der Waals surface area contributed by atoms with Crippen LogP contribution in [0.5, 0.6) is 17.2 Å². The Morgan fingerprint density at radius 3 is 2.69 bits per heavy atom. The van der Waals surface area contributed by atoms with Gasteiger partial charge in [-0.1, -0.05) is 30.3 Å². The number of fused-ring (bicyclic) bond motifs is 1. The van der Waals surface area contributed by atoms with Crippen LogP contribution in [0.1, 0.15) is 27.4 Å². The Bertz CT molecular complexity index is 1260. The normalized spacial score (nSPS) is 18.4.